The molecule has 8 saturated carbocycles. The molecule has 4 unspecified atom stereocenters. The van der Waals surface area contributed by atoms with E-state index in [2.05, 4.69) is 23.8 Å². The van der Waals surface area contributed by atoms with E-state index >= 15 is 0 Å². The average molecular weight is 585 g/mol. The first-order chi connectivity index (χ1) is 20.0. The van der Waals surface area contributed by atoms with Crippen LogP contribution in [0.4, 0.5) is 9.59 Å². The molecule has 8 aliphatic carbocycles. The van der Waals surface area contributed by atoms with Crippen LogP contribution >= 0.6 is 0 Å². The standard InChI is InChI=1S/C32H44N2O8/c1-3-25(35)39-29-11-21-9-22(12-29)16-31(15-21,19-29)41-27(37)33-7-5-6-8-34-28(38)42-32-17-23-10-24(18-32)14-30(13-23,20-32)40-26(36)4-2/h3-4,21-24H,1-2,5-20H2,(H,33,37)(H,34,38). The van der Waals surface area contributed by atoms with Gasteiger partial charge in [0.25, 0.3) is 0 Å². The summed E-state index contributed by atoms with van der Waals surface area (Å²) in [7, 11) is 0. The van der Waals surface area contributed by atoms with Gasteiger partial charge in [-0.05, 0) is 101 Å². The molecular formula is C32H44N2O8. The van der Waals surface area contributed by atoms with Gasteiger partial charge in [0.05, 0.1) is 0 Å². The Morgan fingerprint density at radius 1 is 0.571 bits per heavy atom. The molecule has 8 rings (SSSR count). The van der Waals surface area contributed by atoms with Gasteiger partial charge in [0.1, 0.15) is 22.4 Å². The van der Waals surface area contributed by atoms with Crippen LogP contribution in [-0.2, 0) is 28.5 Å². The molecule has 0 heterocycles. The second-order valence-electron chi connectivity index (χ2n) is 14.2. The number of amides is 2. The Bertz CT molecular complexity index is 1030. The minimum absolute atomic E-state index is 0.397. The van der Waals surface area contributed by atoms with E-state index in [9.17, 15) is 19.2 Å². The lowest BCUT2D eigenvalue weighted by molar-refractivity contribution is -0.217. The summed E-state index contributed by atoms with van der Waals surface area (Å²) in [6.07, 6.45) is 12.7. The van der Waals surface area contributed by atoms with Crippen LogP contribution in [0.5, 0.6) is 0 Å². The molecule has 8 bridgehead atoms. The molecule has 0 radical (unpaired) electrons. The van der Waals surface area contributed by atoms with Crippen LogP contribution in [-0.4, -0.2) is 59.6 Å². The highest BCUT2D eigenvalue weighted by molar-refractivity contribution is 5.82. The van der Waals surface area contributed by atoms with Gasteiger partial charge >= 0.3 is 24.1 Å². The molecule has 0 spiro atoms. The predicted octanol–water partition coefficient (Wildman–Crippen LogP) is 4.86. The average Bonchev–Trinajstić information content (AvgIpc) is 2.87. The molecule has 0 saturated heterocycles. The molecule has 2 N–H and O–H groups in total. The Balaban J connectivity index is 0.911. The molecule has 42 heavy (non-hydrogen) atoms. The van der Waals surface area contributed by atoms with Crippen molar-refractivity contribution < 1.29 is 38.1 Å². The smallest absolute Gasteiger partial charge is 0.407 e. The third-order valence-corrected chi connectivity index (χ3v) is 10.6. The molecule has 0 aromatic carbocycles. The van der Waals surface area contributed by atoms with E-state index < -0.39 is 46.5 Å². The van der Waals surface area contributed by atoms with Gasteiger partial charge in [-0.1, -0.05) is 13.2 Å². The molecule has 0 aliphatic heterocycles. The molecule has 8 aliphatic rings. The number of unbranched alkanes of at least 4 members (excludes halogenated alkanes) is 1. The van der Waals surface area contributed by atoms with Crippen molar-refractivity contribution >= 4 is 24.1 Å². The van der Waals surface area contributed by atoms with E-state index in [1.807, 2.05) is 0 Å². The summed E-state index contributed by atoms with van der Waals surface area (Å²) in [6, 6.07) is 0. The first kappa shape index (κ1) is 29.1. The first-order valence-corrected chi connectivity index (χ1v) is 15.7. The van der Waals surface area contributed by atoms with Crippen molar-refractivity contribution in [3.05, 3.63) is 25.3 Å². The van der Waals surface area contributed by atoms with Crippen LogP contribution in [0.3, 0.4) is 0 Å². The first-order valence-electron chi connectivity index (χ1n) is 15.7. The molecule has 8 fully saturated rings. The number of hydrogen-bond acceptors (Lipinski definition) is 8. The zero-order valence-corrected chi connectivity index (χ0v) is 24.5. The van der Waals surface area contributed by atoms with Gasteiger partial charge < -0.3 is 29.6 Å². The van der Waals surface area contributed by atoms with E-state index in [0.29, 0.717) is 62.4 Å². The second kappa shape index (κ2) is 10.9. The summed E-state index contributed by atoms with van der Waals surface area (Å²) in [4.78, 5) is 49.5. The monoisotopic (exact) mass is 584 g/mol. The van der Waals surface area contributed by atoms with Crippen molar-refractivity contribution in [2.45, 2.75) is 112 Å². The highest BCUT2D eigenvalue weighted by Crippen LogP contribution is 2.61. The number of carbonyl (C=O) groups is 4. The van der Waals surface area contributed by atoms with Crippen molar-refractivity contribution in [2.24, 2.45) is 23.7 Å². The fraction of sp³-hybridized carbons (Fsp3) is 0.750. The van der Waals surface area contributed by atoms with Crippen LogP contribution in [0, 0.1) is 23.7 Å². The number of hydrogen-bond donors (Lipinski definition) is 2. The predicted molar refractivity (Wildman–Crippen MR) is 151 cm³/mol. The van der Waals surface area contributed by atoms with Crippen LogP contribution in [0.15, 0.2) is 25.3 Å². The van der Waals surface area contributed by atoms with Gasteiger partial charge in [0, 0.05) is 38.1 Å². The summed E-state index contributed by atoms with van der Waals surface area (Å²) < 4.78 is 23.7. The highest BCUT2D eigenvalue weighted by atomic mass is 16.6. The van der Waals surface area contributed by atoms with Gasteiger partial charge in [-0.3, -0.25) is 0 Å². The fourth-order valence-corrected chi connectivity index (χ4v) is 10.3. The van der Waals surface area contributed by atoms with E-state index in [1.165, 1.54) is 12.2 Å². The number of esters is 2. The van der Waals surface area contributed by atoms with Gasteiger partial charge in [0.2, 0.25) is 0 Å². The molecule has 0 aromatic rings. The van der Waals surface area contributed by atoms with Crippen LogP contribution in [0.1, 0.15) is 89.9 Å². The summed E-state index contributed by atoms with van der Waals surface area (Å²) in [5.41, 5.74) is -2.27. The van der Waals surface area contributed by atoms with E-state index in [0.717, 1.165) is 64.2 Å². The maximum Gasteiger partial charge on any atom is 0.407 e. The minimum atomic E-state index is -0.583. The van der Waals surface area contributed by atoms with Crippen LogP contribution in [0.2, 0.25) is 0 Å². The SMILES string of the molecule is C=CC(=O)OC12CC3CC(C1)CC(OC(=O)NCCCCNC(=O)OC14CC5CC(CC(OC(=O)C=C)(C5)C1)C4)(C3)C2. The zero-order chi connectivity index (χ0) is 29.6. The number of carbonyl (C=O) groups excluding carboxylic acids is 4. The number of ether oxygens (including phenoxy) is 4. The molecule has 2 amide bonds. The minimum Gasteiger partial charge on any atom is -0.456 e. The molecule has 4 atom stereocenters. The van der Waals surface area contributed by atoms with Crippen LogP contribution in [0.25, 0.3) is 0 Å². The fourth-order valence-electron chi connectivity index (χ4n) is 10.3. The van der Waals surface area contributed by atoms with Crippen molar-refractivity contribution in [1.82, 2.24) is 10.6 Å². The van der Waals surface area contributed by atoms with E-state index in [-0.39, 0.29) is 0 Å². The number of alkyl carbamates (subject to hydrolysis) is 2. The van der Waals surface area contributed by atoms with Crippen LogP contribution < -0.4 is 10.6 Å². The van der Waals surface area contributed by atoms with Crippen molar-refractivity contribution in [2.75, 3.05) is 13.1 Å². The third-order valence-electron chi connectivity index (χ3n) is 10.6. The quantitative estimate of drug-likeness (QED) is 0.152. The van der Waals surface area contributed by atoms with Gasteiger partial charge in [-0.2, -0.15) is 0 Å². The second-order valence-corrected chi connectivity index (χ2v) is 14.2. The Morgan fingerprint density at radius 3 is 1.19 bits per heavy atom. The molecule has 0 aromatic heterocycles. The molecule has 10 nitrogen and oxygen atoms in total. The summed E-state index contributed by atoms with van der Waals surface area (Å²) in [5.74, 6) is 0.763. The Kier molecular flexibility index (Phi) is 7.54. The van der Waals surface area contributed by atoms with E-state index in [4.69, 9.17) is 18.9 Å². The summed E-state index contributed by atoms with van der Waals surface area (Å²) in [5, 5.41) is 5.72. The highest BCUT2D eigenvalue weighted by Gasteiger charge is 2.62. The van der Waals surface area contributed by atoms with Crippen molar-refractivity contribution in [1.29, 1.82) is 0 Å². The maximum absolute atomic E-state index is 12.7. The lowest BCUT2D eigenvalue weighted by Crippen LogP contribution is -2.62. The van der Waals surface area contributed by atoms with E-state index in [1.54, 1.807) is 0 Å². The summed E-state index contributed by atoms with van der Waals surface area (Å²) in [6.45, 7) is 7.92. The summed E-state index contributed by atoms with van der Waals surface area (Å²) >= 11 is 0. The lowest BCUT2D eigenvalue weighted by Gasteiger charge is -2.60. The molecular weight excluding hydrogens is 540 g/mol. The third kappa shape index (κ3) is 5.91. The molecule has 230 valence electrons. The zero-order valence-electron chi connectivity index (χ0n) is 24.5. The Morgan fingerprint density at radius 2 is 0.881 bits per heavy atom. The number of rotatable bonds is 11. The van der Waals surface area contributed by atoms with Gasteiger partial charge in [-0.25, -0.2) is 19.2 Å². The largest absolute Gasteiger partial charge is 0.456 e. The maximum atomic E-state index is 12.7. The number of nitrogens with one attached hydrogen (secondary N) is 2. The van der Waals surface area contributed by atoms with Crippen molar-refractivity contribution in [3.8, 4) is 0 Å². The lowest BCUT2D eigenvalue weighted by atomic mass is 9.52. The molecule has 10 heteroatoms. The van der Waals surface area contributed by atoms with Crippen molar-refractivity contribution in [3.63, 3.8) is 0 Å². The topological polar surface area (TPSA) is 129 Å². The van der Waals surface area contributed by atoms with Gasteiger partial charge in [0.15, 0.2) is 0 Å². The Labute approximate surface area is 247 Å². The normalized spacial score (nSPS) is 40.1. The Hall–Kier alpha value is -3.04. The van der Waals surface area contributed by atoms with Gasteiger partial charge in [-0.15, -0.1) is 0 Å².